The van der Waals surface area contributed by atoms with Crippen LogP contribution in [0.15, 0.2) is 66.9 Å². The monoisotopic (exact) mass is 357 g/mol. The van der Waals surface area contributed by atoms with Crippen molar-refractivity contribution in [3.05, 3.63) is 82.6 Å². The average molecular weight is 358 g/mol. The molecule has 0 bridgehead atoms. The first kappa shape index (κ1) is 16.3. The molecule has 2 N–H and O–H groups in total. The molecule has 0 fully saturated rings. The summed E-state index contributed by atoms with van der Waals surface area (Å²) in [7, 11) is 0. The van der Waals surface area contributed by atoms with E-state index in [1.54, 1.807) is 36.5 Å². The lowest BCUT2D eigenvalue weighted by Gasteiger charge is -2.09. The number of carbonyl (C=O) groups excluding carboxylic acids is 1. The predicted octanol–water partition coefficient (Wildman–Crippen LogP) is 5.38. The molecule has 2 aromatic carbocycles. The van der Waals surface area contributed by atoms with Gasteiger partial charge in [-0.1, -0.05) is 41.4 Å². The molecule has 1 heterocycles. The van der Waals surface area contributed by atoms with E-state index in [2.05, 4.69) is 15.6 Å². The number of nitrogens with zero attached hydrogens (tertiary/aromatic N) is 1. The molecule has 0 aliphatic rings. The maximum Gasteiger partial charge on any atom is 0.274 e. The van der Waals surface area contributed by atoms with Crippen LogP contribution in [0.3, 0.4) is 0 Å². The van der Waals surface area contributed by atoms with Gasteiger partial charge in [-0.15, -0.1) is 0 Å². The van der Waals surface area contributed by atoms with E-state index in [1.807, 2.05) is 30.3 Å². The largest absolute Gasteiger partial charge is 0.355 e. The van der Waals surface area contributed by atoms with Gasteiger partial charge in [0.25, 0.3) is 5.91 Å². The van der Waals surface area contributed by atoms with Gasteiger partial charge in [-0.05, 0) is 42.5 Å². The Labute approximate surface area is 149 Å². The third kappa shape index (κ3) is 4.04. The highest BCUT2D eigenvalue weighted by molar-refractivity contribution is 6.35. The van der Waals surface area contributed by atoms with E-state index in [0.717, 1.165) is 11.4 Å². The number of hydrogen-bond acceptors (Lipinski definition) is 3. The number of carbonyl (C=O) groups is 1. The number of anilines is 3. The Balaban J connectivity index is 1.78. The number of hydrogen-bond donors (Lipinski definition) is 2. The minimum atomic E-state index is -0.365. The van der Waals surface area contributed by atoms with Crippen LogP contribution in [0.25, 0.3) is 0 Å². The third-order valence-electron chi connectivity index (χ3n) is 3.23. The lowest BCUT2D eigenvalue weighted by atomic mass is 10.2. The van der Waals surface area contributed by atoms with Crippen molar-refractivity contribution in [1.29, 1.82) is 0 Å². The van der Waals surface area contributed by atoms with Crippen molar-refractivity contribution >= 4 is 46.2 Å². The average Bonchev–Trinajstić information content (AvgIpc) is 2.59. The molecule has 1 aromatic heterocycles. The summed E-state index contributed by atoms with van der Waals surface area (Å²) in [6.45, 7) is 0. The summed E-state index contributed by atoms with van der Waals surface area (Å²) < 4.78 is 0. The number of para-hydroxylation sites is 1. The van der Waals surface area contributed by atoms with Crippen molar-refractivity contribution in [2.24, 2.45) is 0 Å². The van der Waals surface area contributed by atoms with Gasteiger partial charge >= 0.3 is 0 Å². The first-order valence-electron chi connectivity index (χ1n) is 7.16. The summed E-state index contributed by atoms with van der Waals surface area (Å²) >= 11 is 12.0. The summed E-state index contributed by atoms with van der Waals surface area (Å²) in [5.41, 5.74) is 2.40. The highest BCUT2D eigenvalue weighted by Crippen LogP contribution is 2.26. The molecule has 0 saturated heterocycles. The van der Waals surface area contributed by atoms with Gasteiger partial charge in [-0.3, -0.25) is 9.78 Å². The topological polar surface area (TPSA) is 54.0 Å². The van der Waals surface area contributed by atoms with Gasteiger partial charge in [0.05, 0.1) is 10.7 Å². The first-order valence-corrected chi connectivity index (χ1v) is 7.92. The van der Waals surface area contributed by atoms with Crippen LogP contribution >= 0.6 is 23.2 Å². The van der Waals surface area contributed by atoms with Crippen LogP contribution in [-0.4, -0.2) is 10.9 Å². The summed E-state index contributed by atoms with van der Waals surface area (Å²) in [5.74, 6) is -0.365. The molecule has 6 heteroatoms. The highest BCUT2D eigenvalue weighted by Gasteiger charge is 2.11. The Morgan fingerprint density at radius 2 is 1.71 bits per heavy atom. The van der Waals surface area contributed by atoms with E-state index in [-0.39, 0.29) is 11.6 Å². The lowest BCUT2D eigenvalue weighted by molar-refractivity contribution is 0.102. The molecule has 0 aliphatic heterocycles. The predicted molar refractivity (Wildman–Crippen MR) is 98.4 cm³/mol. The third-order valence-corrected chi connectivity index (χ3v) is 3.80. The standard InChI is InChI=1S/C18H13Cl2N3O/c19-12-6-7-15(20)16(10-12)23-18(24)17-11-14(8-9-21-17)22-13-4-2-1-3-5-13/h1-11H,(H,21,22)(H,23,24). The van der Waals surface area contributed by atoms with Crippen LogP contribution in [0.5, 0.6) is 0 Å². The highest BCUT2D eigenvalue weighted by atomic mass is 35.5. The van der Waals surface area contributed by atoms with Crippen LogP contribution in [0.1, 0.15) is 10.5 Å². The fourth-order valence-electron chi connectivity index (χ4n) is 2.10. The number of nitrogens with one attached hydrogen (secondary N) is 2. The van der Waals surface area contributed by atoms with E-state index in [1.165, 1.54) is 0 Å². The Bertz CT molecular complexity index is 869. The zero-order valence-corrected chi connectivity index (χ0v) is 14.0. The van der Waals surface area contributed by atoms with Crippen molar-refractivity contribution in [2.45, 2.75) is 0 Å². The molecular weight excluding hydrogens is 345 g/mol. The fourth-order valence-corrected chi connectivity index (χ4v) is 2.44. The lowest BCUT2D eigenvalue weighted by Crippen LogP contribution is -2.14. The smallest absolute Gasteiger partial charge is 0.274 e. The maximum absolute atomic E-state index is 12.4. The Morgan fingerprint density at radius 1 is 0.917 bits per heavy atom. The summed E-state index contributed by atoms with van der Waals surface area (Å²) in [6, 6.07) is 18.0. The summed E-state index contributed by atoms with van der Waals surface area (Å²) in [5, 5.41) is 6.83. The molecule has 0 spiro atoms. The van der Waals surface area contributed by atoms with E-state index < -0.39 is 0 Å². The van der Waals surface area contributed by atoms with Crippen LogP contribution < -0.4 is 10.6 Å². The zero-order valence-electron chi connectivity index (χ0n) is 12.5. The zero-order chi connectivity index (χ0) is 16.9. The molecule has 0 unspecified atom stereocenters. The van der Waals surface area contributed by atoms with Crippen LogP contribution in [-0.2, 0) is 0 Å². The summed E-state index contributed by atoms with van der Waals surface area (Å²) in [4.78, 5) is 16.5. The van der Waals surface area contributed by atoms with Crippen LogP contribution in [0.2, 0.25) is 10.0 Å². The molecule has 0 saturated carbocycles. The molecule has 0 radical (unpaired) electrons. The Morgan fingerprint density at radius 3 is 2.50 bits per heavy atom. The fraction of sp³-hybridized carbons (Fsp3) is 0. The van der Waals surface area contributed by atoms with Crippen molar-refractivity contribution < 1.29 is 4.79 Å². The van der Waals surface area contributed by atoms with E-state index in [0.29, 0.717) is 15.7 Å². The number of aromatic nitrogens is 1. The molecule has 3 aromatic rings. The second kappa shape index (κ2) is 7.34. The van der Waals surface area contributed by atoms with Gasteiger partial charge in [-0.2, -0.15) is 0 Å². The number of rotatable bonds is 4. The molecule has 1 amide bonds. The molecule has 120 valence electrons. The van der Waals surface area contributed by atoms with Crippen molar-refractivity contribution in [3.8, 4) is 0 Å². The number of amides is 1. The van der Waals surface area contributed by atoms with Gasteiger partial charge in [0, 0.05) is 22.6 Å². The SMILES string of the molecule is O=C(Nc1cc(Cl)ccc1Cl)c1cc(Nc2ccccc2)ccn1. The molecule has 3 rings (SSSR count). The van der Waals surface area contributed by atoms with Crippen LogP contribution in [0.4, 0.5) is 17.1 Å². The van der Waals surface area contributed by atoms with Gasteiger partial charge < -0.3 is 10.6 Å². The Kier molecular flexibility index (Phi) is 4.99. The number of pyridine rings is 1. The minimum absolute atomic E-state index is 0.270. The first-order chi connectivity index (χ1) is 11.6. The molecular formula is C18H13Cl2N3O. The summed E-state index contributed by atoms with van der Waals surface area (Å²) in [6.07, 6.45) is 1.57. The molecule has 24 heavy (non-hydrogen) atoms. The van der Waals surface area contributed by atoms with Crippen LogP contribution in [0, 0.1) is 0 Å². The normalized spacial score (nSPS) is 10.2. The van der Waals surface area contributed by atoms with Gasteiger partial charge in [0.15, 0.2) is 0 Å². The van der Waals surface area contributed by atoms with Gasteiger partial charge in [0.1, 0.15) is 5.69 Å². The molecule has 0 atom stereocenters. The number of halogens is 2. The Hall–Kier alpha value is -2.56. The number of benzene rings is 2. The molecule has 0 aliphatic carbocycles. The van der Waals surface area contributed by atoms with Crippen molar-refractivity contribution in [2.75, 3.05) is 10.6 Å². The van der Waals surface area contributed by atoms with Gasteiger partial charge in [-0.25, -0.2) is 0 Å². The van der Waals surface area contributed by atoms with Gasteiger partial charge in [0.2, 0.25) is 0 Å². The minimum Gasteiger partial charge on any atom is -0.355 e. The van der Waals surface area contributed by atoms with E-state index in [9.17, 15) is 4.79 Å². The maximum atomic E-state index is 12.4. The van der Waals surface area contributed by atoms with Crippen molar-refractivity contribution in [1.82, 2.24) is 4.98 Å². The second-order valence-electron chi connectivity index (χ2n) is 5.00. The molecule has 4 nitrogen and oxygen atoms in total. The van der Waals surface area contributed by atoms with Crippen molar-refractivity contribution in [3.63, 3.8) is 0 Å². The quantitative estimate of drug-likeness (QED) is 0.658. The van der Waals surface area contributed by atoms with E-state index >= 15 is 0 Å². The second-order valence-corrected chi connectivity index (χ2v) is 5.84. The van der Waals surface area contributed by atoms with E-state index in [4.69, 9.17) is 23.2 Å².